The lowest BCUT2D eigenvalue weighted by atomic mass is 10.0. The van der Waals surface area contributed by atoms with Gasteiger partial charge in [-0.25, -0.2) is 0 Å². The first-order valence-electron chi connectivity index (χ1n) is 6.97. The summed E-state index contributed by atoms with van der Waals surface area (Å²) in [5.74, 6) is 1.88. The van der Waals surface area contributed by atoms with Crippen LogP contribution in [0.5, 0.6) is 11.5 Å². The second-order valence-corrected chi connectivity index (χ2v) is 6.13. The summed E-state index contributed by atoms with van der Waals surface area (Å²) < 4.78 is 12.5. The summed E-state index contributed by atoms with van der Waals surface area (Å²) >= 11 is 3.44. The van der Waals surface area contributed by atoms with Crippen LogP contribution in [0.2, 0.25) is 0 Å². The lowest BCUT2D eigenvalue weighted by Gasteiger charge is -2.16. The molecule has 0 amide bonds. The fraction of sp³-hybridized carbons (Fsp3) is 0.294. The van der Waals surface area contributed by atoms with E-state index in [9.17, 15) is 5.11 Å². The molecule has 1 unspecified atom stereocenters. The van der Waals surface area contributed by atoms with Crippen molar-refractivity contribution < 1.29 is 14.6 Å². The van der Waals surface area contributed by atoms with E-state index in [2.05, 4.69) is 22.0 Å². The van der Waals surface area contributed by atoms with Gasteiger partial charge in [0.25, 0.3) is 0 Å². The number of hydrogen-bond donors (Lipinski definition) is 1. The highest BCUT2D eigenvalue weighted by Crippen LogP contribution is 2.35. The van der Waals surface area contributed by atoms with Crippen LogP contribution in [0.15, 0.2) is 46.9 Å². The van der Waals surface area contributed by atoms with Crippen molar-refractivity contribution in [2.45, 2.75) is 18.9 Å². The Balaban J connectivity index is 1.76. The minimum Gasteiger partial charge on any atom is -0.493 e. The molecule has 3 nitrogen and oxygen atoms in total. The molecular weight excluding hydrogens is 332 g/mol. The zero-order valence-corrected chi connectivity index (χ0v) is 13.3. The monoisotopic (exact) mass is 348 g/mol. The van der Waals surface area contributed by atoms with Crippen LogP contribution >= 0.6 is 15.9 Å². The van der Waals surface area contributed by atoms with Crippen molar-refractivity contribution in [2.24, 2.45) is 0 Å². The number of benzene rings is 2. The molecule has 4 heteroatoms. The average molecular weight is 349 g/mol. The molecule has 1 aliphatic rings. The largest absolute Gasteiger partial charge is 0.493 e. The maximum Gasteiger partial charge on any atom is 0.126 e. The number of ether oxygens (including phenoxy) is 2. The molecule has 1 N–H and O–H groups in total. The van der Waals surface area contributed by atoms with Gasteiger partial charge in [-0.1, -0.05) is 40.2 Å². The molecular formula is C17H17BrO3. The van der Waals surface area contributed by atoms with Gasteiger partial charge in [0.15, 0.2) is 0 Å². The van der Waals surface area contributed by atoms with E-state index in [1.54, 1.807) is 6.92 Å². The Hall–Kier alpha value is -1.52. The summed E-state index contributed by atoms with van der Waals surface area (Å²) in [6.07, 6.45) is -0.555. The standard InChI is InChI=1S/C17H17BrO3/c1-11(19)14-7-6-13(18)8-17(14)21-10-12-9-20-16-5-3-2-4-15(12)16/h2-8,11-12,19H,9-10H2,1H3/t11-,12?/m0/s1. The van der Waals surface area contributed by atoms with Gasteiger partial charge in [-0.2, -0.15) is 0 Å². The van der Waals surface area contributed by atoms with Crippen molar-refractivity contribution in [2.75, 3.05) is 13.2 Å². The molecule has 2 atom stereocenters. The van der Waals surface area contributed by atoms with Crippen molar-refractivity contribution in [3.05, 3.63) is 58.1 Å². The molecule has 3 rings (SSSR count). The Kier molecular flexibility index (Phi) is 4.17. The molecule has 2 aromatic carbocycles. The Morgan fingerprint density at radius 1 is 1.33 bits per heavy atom. The van der Waals surface area contributed by atoms with Gasteiger partial charge >= 0.3 is 0 Å². The highest BCUT2D eigenvalue weighted by Gasteiger charge is 2.24. The van der Waals surface area contributed by atoms with E-state index < -0.39 is 6.10 Å². The third-order valence-electron chi connectivity index (χ3n) is 3.66. The first-order chi connectivity index (χ1) is 10.1. The van der Waals surface area contributed by atoms with E-state index in [0.29, 0.717) is 19.0 Å². The number of aliphatic hydroxyl groups is 1. The molecule has 0 aliphatic carbocycles. The van der Waals surface area contributed by atoms with Crippen molar-refractivity contribution in [1.29, 1.82) is 0 Å². The second kappa shape index (κ2) is 6.08. The fourth-order valence-corrected chi connectivity index (χ4v) is 2.88. The summed E-state index contributed by atoms with van der Waals surface area (Å²) in [5.41, 5.74) is 1.98. The van der Waals surface area contributed by atoms with Gasteiger partial charge in [0, 0.05) is 15.6 Å². The number of fused-ring (bicyclic) bond motifs is 1. The SMILES string of the molecule is C[C@H](O)c1ccc(Br)cc1OCC1COc2ccccc21. The smallest absolute Gasteiger partial charge is 0.126 e. The van der Waals surface area contributed by atoms with Crippen molar-refractivity contribution >= 4 is 15.9 Å². The summed E-state index contributed by atoms with van der Waals surface area (Å²) in [7, 11) is 0. The van der Waals surface area contributed by atoms with Crippen molar-refractivity contribution in [1.82, 2.24) is 0 Å². The summed E-state index contributed by atoms with van der Waals surface area (Å²) in [6, 6.07) is 13.7. The van der Waals surface area contributed by atoms with Crippen molar-refractivity contribution in [3.63, 3.8) is 0 Å². The number of para-hydroxylation sites is 1. The van der Waals surface area contributed by atoms with E-state index >= 15 is 0 Å². The Bertz CT molecular complexity index is 640. The molecule has 0 saturated heterocycles. The lowest BCUT2D eigenvalue weighted by Crippen LogP contribution is -2.13. The molecule has 0 bridgehead atoms. The van der Waals surface area contributed by atoms with Gasteiger partial charge < -0.3 is 14.6 Å². The third kappa shape index (κ3) is 3.06. The van der Waals surface area contributed by atoms with Gasteiger partial charge in [0.05, 0.1) is 25.2 Å². The first kappa shape index (κ1) is 14.4. The Morgan fingerprint density at radius 3 is 2.95 bits per heavy atom. The van der Waals surface area contributed by atoms with Gasteiger partial charge in [0.1, 0.15) is 11.5 Å². The van der Waals surface area contributed by atoms with Crippen LogP contribution in [0.4, 0.5) is 0 Å². The molecule has 21 heavy (non-hydrogen) atoms. The van der Waals surface area contributed by atoms with Crippen LogP contribution in [0, 0.1) is 0 Å². The molecule has 2 aromatic rings. The Labute approximate surface area is 132 Å². The normalized spacial score (nSPS) is 18.0. The predicted octanol–water partition coefficient (Wildman–Crippen LogP) is 4.06. The highest BCUT2D eigenvalue weighted by molar-refractivity contribution is 9.10. The van der Waals surface area contributed by atoms with Crippen LogP contribution < -0.4 is 9.47 Å². The van der Waals surface area contributed by atoms with Gasteiger partial charge in [-0.15, -0.1) is 0 Å². The maximum atomic E-state index is 9.83. The van der Waals surface area contributed by atoms with Crippen LogP contribution in [-0.4, -0.2) is 18.3 Å². The number of rotatable bonds is 4. The summed E-state index contributed by atoms with van der Waals surface area (Å²) in [5, 5.41) is 9.83. The Morgan fingerprint density at radius 2 is 2.14 bits per heavy atom. The minimum atomic E-state index is -0.555. The fourth-order valence-electron chi connectivity index (χ4n) is 2.54. The first-order valence-corrected chi connectivity index (χ1v) is 7.76. The van der Waals surface area contributed by atoms with Crippen LogP contribution in [0.1, 0.15) is 30.1 Å². The second-order valence-electron chi connectivity index (χ2n) is 5.21. The van der Waals surface area contributed by atoms with Gasteiger partial charge in [0.2, 0.25) is 0 Å². The van der Waals surface area contributed by atoms with Crippen molar-refractivity contribution in [3.8, 4) is 11.5 Å². The topological polar surface area (TPSA) is 38.7 Å². The predicted molar refractivity (Wildman–Crippen MR) is 84.9 cm³/mol. The van der Waals surface area contributed by atoms with Gasteiger partial charge in [-0.05, 0) is 25.1 Å². The molecule has 0 aromatic heterocycles. The molecule has 0 radical (unpaired) electrons. The minimum absolute atomic E-state index is 0.224. The molecule has 0 spiro atoms. The number of hydrogen-bond acceptors (Lipinski definition) is 3. The average Bonchev–Trinajstić information content (AvgIpc) is 2.88. The number of halogens is 1. The molecule has 0 fully saturated rings. The molecule has 1 heterocycles. The van der Waals surface area contributed by atoms with E-state index in [-0.39, 0.29) is 5.92 Å². The molecule has 0 saturated carbocycles. The van der Waals surface area contributed by atoms with Crippen LogP contribution in [-0.2, 0) is 0 Å². The summed E-state index contributed by atoms with van der Waals surface area (Å²) in [6.45, 7) is 2.91. The quantitative estimate of drug-likeness (QED) is 0.905. The zero-order chi connectivity index (χ0) is 14.8. The third-order valence-corrected chi connectivity index (χ3v) is 4.16. The van der Waals surface area contributed by atoms with E-state index in [0.717, 1.165) is 15.8 Å². The zero-order valence-electron chi connectivity index (χ0n) is 11.8. The maximum absolute atomic E-state index is 9.83. The molecule has 1 aliphatic heterocycles. The molecule has 110 valence electrons. The summed E-state index contributed by atoms with van der Waals surface area (Å²) in [4.78, 5) is 0. The number of aliphatic hydroxyl groups excluding tert-OH is 1. The van der Waals surface area contributed by atoms with Crippen LogP contribution in [0.3, 0.4) is 0 Å². The van der Waals surface area contributed by atoms with Gasteiger partial charge in [-0.3, -0.25) is 0 Å². The highest BCUT2D eigenvalue weighted by atomic mass is 79.9. The van der Waals surface area contributed by atoms with E-state index in [1.165, 1.54) is 5.56 Å². The van der Waals surface area contributed by atoms with E-state index in [4.69, 9.17) is 9.47 Å². The van der Waals surface area contributed by atoms with E-state index in [1.807, 2.05) is 36.4 Å². The van der Waals surface area contributed by atoms with Crippen LogP contribution in [0.25, 0.3) is 0 Å². The lowest BCUT2D eigenvalue weighted by molar-refractivity contribution is 0.187.